The number of piperidine rings is 1. The van der Waals surface area contributed by atoms with Gasteiger partial charge in [0.15, 0.2) is 0 Å². The summed E-state index contributed by atoms with van der Waals surface area (Å²) in [6.07, 6.45) is 3.16. The number of nitrogens with zero attached hydrogens (tertiary/aromatic N) is 4. The van der Waals surface area contributed by atoms with Gasteiger partial charge in [-0.25, -0.2) is 9.97 Å². The van der Waals surface area contributed by atoms with Crippen LogP contribution in [0.2, 0.25) is 0 Å². The molecular weight excluding hydrogens is 382 g/mol. The molecule has 30 heavy (non-hydrogen) atoms. The van der Waals surface area contributed by atoms with Crippen molar-refractivity contribution in [1.29, 1.82) is 0 Å². The van der Waals surface area contributed by atoms with Crippen LogP contribution in [0.25, 0.3) is 11.3 Å². The molecule has 0 saturated carbocycles. The lowest BCUT2D eigenvalue weighted by molar-refractivity contribution is -0.384. The molecule has 0 radical (unpaired) electrons. The minimum absolute atomic E-state index is 0.0486. The number of nitro groups is 1. The SMILES string of the molecule is O=C(Nc1cccc([N+](=O)[O-])c1)C1CCCN(c2cc(-c3ccccc3)ncn2)C1. The quantitative estimate of drug-likeness (QED) is 0.512. The van der Waals surface area contributed by atoms with Gasteiger partial charge in [0.25, 0.3) is 5.69 Å². The Kier molecular flexibility index (Phi) is 5.65. The summed E-state index contributed by atoms with van der Waals surface area (Å²) in [5.74, 6) is 0.419. The number of hydrogen-bond acceptors (Lipinski definition) is 6. The molecule has 2 heterocycles. The van der Waals surface area contributed by atoms with E-state index < -0.39 is 4.92 Å². The van der Waals surface area contributed by atoms with Gasteiger partial charge in [-0.1, -0.05) is 36.4 Å². The van der Waals surface area contributed by atoms with Gasteiger partial charge in [-0.2, -0.15) is 0 Å². The number of anilines is 2. The van der Waals surface area contributed by atoms with Gasteiger partial charge in [0.05, 0.1) is 16.5 Å². The van der Waals surface area contributed by atoms with E-state index >= 15 is 0 Å². The minimum Gasteiger partial charge on any atom is -0.356 e. The van der Waals surface area contributed by atoms with Crippen molar-refractivity contribution in [3.8, 4) is 11.3 Å². The molecule has 1 aliphatic heterocycles. The van der Waals surface area contributed by atoms with Gasteiger partial charge >= 0.3 is 0 Å². The fourth-order valence-corrected chi connectivity index (χ4v) is 3.63. The summed E-state index contributed by atoms with van der Waals surface area (Å²) in [7, 11) is 0. The maximum absolute atomic E-state index is 12.8. The Hall–Kier alpha value is -3.81. The van der Waals surface area contributed by atoms with Crippen molar-refractivity contribution in [2.24, 2.45) is 5.92 Å². The van der Waals surface area contributed by atoms with Crippen molar-refractivity contribution in [2.75, 3.05) is 23.3 Å². The van der Waals surface area contributed by atoms with Crippen LogP contribution in [0, 0.1) is 16.0 Å². The first-order chi connectivity index (χ1) is 14.6. The summed E-state index contributed by atoms with van der Waals surface area (Å²) in [4.78, 5) is 34.1. The Balaban J connectivity index is 1.46. The molecule has 0 spiro atoms. The second-order valence-electron chi connectivity index (χ2n) is 7.21. The summed E-state index contributed by atoms with van der Waals surface area (Å²) in [5.41, 5.74) is 2.23. The lowest BCUT2D eigenvalue weighted by atomic mass is 9.97. The predicted octanol–water partition coefficient (Wildman–Crippen LogP) is 3.91. The van der Waals surface area contributed by atoms with Gasteiger partial charge in [-0.05, 0) is 18.9 Å². The summed E-state index contributed by atoms with van der Waals surface area (Å²) >= 11 is 0. The molecule has 152 valence electrons. The smallest absolute Gasteiger partial charge is 0.271 e. The molecule has 1 N–H and O–H groups in total. The number of carbonyl (C=O) groups is 1. The number of non-ortho nitro benzene ring substituents is 1. The molecule has 1 amide bonds. The van der Waals surface area contributed by atoms with Gasteiger partial charge in [0.2, 0.25) is 5.91 Å². The molecule has 2 aromatic carbocycles. The van der Waals surface area contributed by atoms with Crippen LogP contribution in [0.1, 0.15) is 12.8 Å². The van der Waals surface area contributed by atoms with Crippen molar-refractivity contribution >= 4 is 23.1 Å². The normalized spacial score (nSPS) is 16.1. The zero-order valence-corrected chi connectivity index (χ0v) is 16.3. The highest BCUT2D eigenvalue weighted by atomic mass is 16.6. The fraction of sp³-hybridized carbons (Fsp3) is 0.227. The van der Waals surface area contributed by atoms with E-state index in [1.165, 1.54) is 12.1 Å². The highest BCUT2D eigenvalue weighted by Crippen LogP contribution is 2.26. The lowest BCUT2D eigenvalue weighted by Crippen LogP contribution is -2.41. The molecule has 8 nitrogen and oxygen atoms in total. The summed E-state index contributed by atoms with van der Waals surface area (Å²) in [6, 6.07) is 17.8. The van der Waals surface area contributed by atoms with Gasteiger partial charge in [0, 0.05) is 42.5 Å². The first-order valence-corrected chi connectivity index (χ1v) is 9.78. The maximum Gasteiger partial charge on any atom is 0.271 e. The molecule has 8 heteroatoms. The Labute approximate surface area is 173 Å². The fourth-order valence-electron chi connectivity index (χ4n) is 3.63. The summed E-state index contributed by atoms with van der Waals surface area (Å²) in [5, 5.41) is 13.8. The Bertz CT molecular complexity index is 1060. The van der Waals surface area contributed by atoms with Crippen LogP contribution in [-0.4, -0.2) is 33.9 Å². The van der Waals surface area contributed by atoms with Crippen molar-refractivity contribution in [1.82, 2.24) is 9.97 Å². The number of nitro benzene ring substituents is 1. The third kappa shape index (κ3) is 4.43. The van der Waals surface area contributed by atoms with Crippen molar-refractivity contribution < 1.29 is 9.72 Å². The van der Waals surface area contributed by atoms with Gasteiger partial charge in [-0.15, -0.1) is 0 Å². The molecule has 0 bridgehead atoms. The van der Waals surface area contributed by atoms with Crippen LogP contribution < -0.4 is 10.2 Å². The molecule has 1 atom stereocenters. The number of amides is 1. The largest absolute Gasteiger partial charge is 0.356 e. The van der Waals surface area contributed by atoms with E-state index in [4.69, 9.17) is 0 Å². The van der Waals surface area contributed by atoms with Crippen molar-refractivity contribution in [2.45, 2.75) is 12.8 Å². The van der Waals surface area contributed by atoms with Crippen LogP contribution in [0.3, 0.4) is 0 Å². The zero-order valence-electron chi connectivity index (χ0n) is 16.3. The van der Waals surface area contributed by atoms with Crippen LogP contribution in [0.15, 0.2) is 67.0 Å². The number of rotatable bonds is 5. The monoisotopic (exact) mass is 403 g/mol. The number of benzene rings is 2. The maximum atomic E-state index is 12.8. The third-order valence-electron chi connectivity index (χ3n) is 5.16. The van der Waals surface area contributed by atoms with Crippen LogP contribution in [0.4, 0.5) is 17.2 Å². The number of carbonyl (C=O) groups excluding carboxylic acids is 1. The molecule has 1 saturated heterocycles. The second kappa shape index (κ2) is 8.69. The first kappa shape index (κ1) is 19.5. The van der Waals surface area contributed by atoms with E-state index in [1.807, 2.05) is 36.4 Å². The van der Waals surface area contributed by atoms with E-state index in [2.05, 4.69) is 20.2 Å². The molecule has 1 fully saturated rings. The van der Waals surface area contributed by atoms with E-state index in [9.17, 15) is 14.9 Å². The molecule has 1 unspecified atom stereocenters. The lowest BCUT2D eigenvalue weighted by Gasteiger charge is -2.33. The van der Waals surface area contributed by atoms with Crippen LogP contribution in [-0.2, 0) is 4.79 Å². The Morgan fingerprint density at radius 2 is 1.93 bits per heavy atom. The highest BCUT2D eigenvalue weighted by molar-refractivity contribution is 5.93. The number of hydrogen-bond donors (Lipinski definition) is 1. The van der Waals surface area contributed by atoms with E-state index in [0.717, 1.165) is 36.5 Å². The van der Waals surface area contributed by atoms with Gasteiger partial charge < -0.3 is 10.2 Å². The standard InChI is InChI=1S/C22H21N5O3/c28-22(25-18-9-4-10-19(12-18)27(29)30)17-8-5-11-26(14-17)21-13-20(23-15-24-21)16-6-2-1-3-7-16/h1-4,6-7,9-10,12-13,15,17H,5,8,11,14H2,(H,25,28). The van der Waals surface area contributed by atoms with Gasteiger partial charge in [-0.3, -0.25) is 14.9 Å². The van der Waals surface area contributed by atoms with Crippen molar-refractivity contribution in [3.63, 3.8) is 0 Å². The highest BCUT2D eigenvalue weighted by Gasteiger charge is 2.27. The Morgan fingerprint density at radius 3 is 2.73 bits per heavy atom. The molecule has 0 aliphatic carbocycles. The average Bonchev–Trinajstić information content (AvgIpc) is 2.80. The molecule has 4 rings (SSSR count). The second-order valence-corrected chi connectivity index (χ2v) is 7.21. The number of aromatic nitrogens is 2. The predicted molar refractivity (Wildman–Crippen MR) is 114 cm³/mol. The van der Waals surface area contributed by atoms with E-state index in [-0.39, 0.29) is 17.5 Å². The third-order valence-corrected chi connectivity index (χ3v) is 5.16. The van der Waals surface area contributed by atoms with Crippen LogP contribution >= 0.6 is 0 Å². The molecule has 3 aromatic rings. The van der Waals surface area contributed by atoms with Gasteiger partial charge in [0.1, 0.15) is 12.1 Å². The summed E-state index contributed by atoms with van der Waals surface area (Å²) in [6.45, 7) is 1.35. The molecular formula is C22H21N5O3. The molecule has 1 aliphatic rings. The minimum atomic E-state index is -0.475. The first-order valence-electron chi connectivity index (χ1n) is 9.78. The summed E-state index contributed by atoms with van der Waals surface area (Å²) < 4.78 is 0. The van der Waals surface area contributed by atoms with E-state index in [0.29, 0.717) is 12.2 Å². The van der Waals surface area contributed by atoms with Crippen LogP contribution in [0.5, 0.6) is 0 Å². The Morgan fingerprint density at radius 1 is 1.10 bits per heavy atom. The van der Waals surface area contributed by atoms with E-state index in [1.54, 1.807) is 18.5 Å². The average molecular weight is 403 g/mol. The molecule has 1 aromatic heterocycles. The number of nitrogens with one attached hydrogen (secondary N) is 1. The zero-order chi connectivity index (χ0) is 20.9. The van der Waals surface area contributed by atoms with Crippen molar-refractivity contribution in [3.05, 3.63) is 77.1 Å². The topological polar surface area (TPSA) is 101 Å².